The fraction of sp³-hybridized carbons (Fsp3) is 0.750. The average molecular weight is 271 g/mol. The highest BCUT2D eigenvalue weighted by molar-refractivity contribution is 6.28. The Labute approximate surface area is 113 Å². The van der Waals surface area contributed by atoms with Crippen LogP contribution in [-0.4, -0.2) is 34.6 Å². The van der Waals surface area contributed by atoms with E-state index in [0.717, 1.165) is 13.0 Å². The van der Waals surface area contributed by atoms with Crippen LogP contribution in [0.15, 0.2) is 0 Å². The summed E-state index contributed by atoms with van der Waals surface area (Å²) in [6, 6.07) is 0.764. The van der Waals surface area contributed by atoms with Crippen LogP contribution in [0.1, 0.15) is 39.0 Å². The molecule has 0 bridgehead atoms. The SMILES string of the molecule is CCC1CCCCCN1c1nc(Cl)nc(OC)n1. The topological polar surface area (TPSA) is 51.1 Å². The first-order valence-electron chi connectivity index (χ1n) is 6.46. The van der Waals surface area contributed by atoms with Crippen molar-refractivity contribution in [2.45, 2.75) is 45.1 Å². The van der Waals surface area contributed by atoms with Crippen molar-refractivity contribution in [3.8, 4) is 6.01 Å². The molecule has 5 nitrogen and oxygen atoms in total. The zero-order chi connectivity index (χ0) is 13.0. The molecule has 0 N–H and O–H groups in total. The van der Waals surface area contributed by atoms with Crippen LogP contribution in [0.3, 0.4) is 0 Å². The molecule has 6 heteroatoms. The minimum Gasteiger partial charge on any atom is -0.467 e. The zero-order valence-electron chi connectivity index (χ0n) is 10.9. The van der Waals surface area contributed by atoms with Crippen LogP contribution >= 0.6 is 11.6 Å². The van der Waals surface area contributed by atoms with Crippen molar-refractivity contribution in [1.29, 1.82) is 0 Å². The van der Waals surface area contributed by atoms with Crippen LogP contribution in [0.25, 0.3) is 0 Å². The maximum atomic E-state index is 5.91. The zero-order valence-corrected chi connectivity index (χ0v) is 11.7. The van der Waals surface area contributed by atoms with Crippen LogP contribution in [0.4, 0.5) is 5.95 Å². The van der Waals surface area contributed by atoms with Gasteiger partial charge in [0.2, 0.25) is 11.2 Å². The minimum atomic E-state index is 0.191. The first-order valence-corrected chi connectivity index (χ1v) is 6.84. The molecule has 0 amide bonds. The number of methoxy groups -OCH3 is 1. The van der Waals surface area contributed by atoms with Gasteiger partial charge in [-0.2, -0.15) is 15.0 Å². The molecule has 1 atom stereocenters. The smallest absolute Gasteiger partial charge is 0.322 e. The molecular weight excluding hydrogens is 252 g/mol. The summed E-state index contributed by atoms with van der Waals surface area (Å²) in [5.41, 5.74) is 0. The summed E-state index contributed by atoms with van der Waals surface area (Å²) < 4.78 is 5.05. The van der Waals surface area contributed by atoms with Gasteiger partial charge in [0.1, 0.15) is 0 Å². The van der Waals surface area contributed by atoms with E-state index in [2.05, 4.69) is 26.8 Å². The van der Waals surface area contributed by atoms with E-state index in [9.17, 15) is 0 Å². The molecule has 1 fully saturated rings. The largest absolute Gasteiger partial charge is 0.467 e. The fourth-order valence-electron chi connectivity index (χ4n) is 2.41. The molecule has 100 valence electrons. The molecule has 1 aliphatic heterocycles. The summed E-state index contributed by atoms with van der Waals surface area (Å²) in [5.74, 6) is 0.639. The number of hydrogen-bond donors (Lipinski definition) is 0. The van der Waals surface area contributed by atoms with E-state index in [1.807, 2.05) is 0 Å². The van der Waals surface area contributed by atoms with Crippen LogP contribution in [0, 0.1) is 0 Å². The van der Waals surface area contributed by atoms with Gasteiger partial charge in [0.05, 0.1) is 7.11 Å². The second-order valence-electron chi connectivity index (χ2n) is 4.50. The number of anilines is 1. The van der Waals surface area contributed by atoms with Gasteiger partial charge in [-0.3, -0.25) is 0 Å². The van der Waals surface area contributed by atoms with E-state index in [4.69, 9.17) is 16.3 Å². The van der Waals surface area contributed by atoms with Crippen LogP contribution < -0.4 is 9.64 Å². The molecule has 2 rings (SSSR count). The Balaban J connectivity index is 2.29. The number of hydrogen-bond acceptors (Lipinski definition) is 5. The van der Waals surface area contributed by atoms with E-state index in [0.29, 0.717) is 12.0 Å². The Bertz CT molecular complexity index is 402. The van der Waals surface area contributed by atoms with Crippen molar-refractivity contribution in [3.05, 3.63) is 5.28 Å². The lowest BCUT2D eigenvalue weighted by Crippen LogP contribution is -2.35. The third-order valence-electron chi connectivity index (χ3n) is 3.36. The highest BCUT2D eigenvalue weighted by Crippen LogP contribution is 2.24. The predicted molar refractivity (Wildman–Crippen MR) is 71.3 cm³/mol. The summed E-state index contributed by atoms with van der Waals surface area (Å²) in [5, 5.41) is 0.191. The standard InChI is InChI=1S/C12H19ClN4O/c1-3-9-7-5-4-6-8-17(9)11-14-10(13)15-12(16-11)18-2/h9H,3-8H2,1-2H3. The van der Waals surface area contributed by atoms with Crippen molar-refractivity contribution in [3.63, 3.8) is 0 Å². The van der Waals surface area contributed by atoms with Crippen LogP contribution in [0.5, 0.6) is 6.01 Å². The summed E-state index contributed by atoms with van der Waals surface area (Å²) in [4.78, 5) is 14.7. The Morgan fingerprint density at radius 1 is 1.28 bits per heavy atom. The van der Waals surface area contributed by atoms with Gasteiger partial charge in [-0.1, -0.05) is 19.8 Å². The number of nitrogens with zero attached hydrogens (tertiary/aromatic N) is 4. The van der Waals surface area contributed by atoms with E-state index in [1.165, 1.54) is 32.8 Å². The van der Waals surface area contributed by atoms with Crippen molar-refractivity contribution in [2.75, 3.05) is 18.6 Å². The van der Waals surface area contributed by atoms with Crippen molar-refractivity contribution in [2.24, 2.45) is 0 Å². The molecule has 2 heterocycles. The van der Waals surface area contributed by atoms with E-state index in [1.54, 1.807) is 0 Å². The number of rotatable bonds is 3. The van der Waals surface area contributed by atoms with Gasteiger partial charge in [-0.25, -0.2) is 0 Å². The molecule has 0 radical (unpaired) electrons. The van der Waals surface area contributed by atoms with Gasteiger partial charge in [0.25, 0.3) is 0 Å². The van der Waals surface area contributed by atoms with Crippen LogP contribution in [-0.2, 0) is 0 Å². The number of aromatic nitrogens is 3. The minimum absolute atomic E-state index is 0.191. The van der Waals surface area contributed by atoms with Gasteiger partial charge in [-0.05, 0) is 30.9 Å². The lowest BCUT2D eigenvalue weighted by Gasteiger charge is -2.29. The van der Waals surface area contributed by atoms with Gasteiger partial charge in [0.15, 0.2) is 0 Å². The summed E-state index contributed by atoms with van der Waals surface area (Å²) in [6.45, 7) is 3.17. The number of ether oxygens (including phenoxy) is 1. The monoisotopic (exact) mass is 270 g/mol. The Morgan fingerprint density at radius 3 is 2.83 bits per heavy atom. The fourth-order valence-corrected chi connectivity index (χ4v) is 2.55. The molecule has 0 spiro atoms. The second-order valence-corrected chi connectivity index (χ2v) is 4.83. The molecule has 0 aliphatic carbocycles. The Morgan fingerprint density at radius 2 is 2.11 bits per heavy atom. The van der Waals surface area contributed by atoms with Crippen molar-refractivity contribution < 1.29 is 4.74 Å². The highest BCUT2D eigenvalue weighted by Gasteiger charge is 2.23. The molecule has 1 aromatic heterocycles. The number of halogens is 1. The van der Waals surface area contributed by atoms with E-state index in [-0.39, 0.29) is 11.3 Å². The summed E-state index contributed by atoms with van der Waals surface area (Å²) in [6.07, 6.45) is 5.98. The summed E-state index contributed by atoms with van der Waals surface area (Å²) in [7, 11) is 1.54. The maximum absolute atomic E-state index is 5.91. The average Bonchev–Trinajstić information content (AvgIpc) is 2.62. The quantitative estimate of drug-likeness (QED) is 0.845. The van der Waals surface area contributed by atoms with Gasteiger partial charge in [0, 0.05) is 12.6 Å². The lowest BCUT2D eigenvalue weighted by atomic mass is 10.1. The second kappa shape index (κ2) is 6.18. The van der Waals surface area contributed by atoms with Gasteiger partial charge < -0.3 is 9.64 Å². The first kappa shape index (κ1) is 13.3. The Hall–Kier alpha value is -1.10. The normalized spacial score (nSPS) is 20.6. The molecule has 18 heavy (non-hydrogen) atoms. The molecule has 1 aromatic rings. The third-order valence-corrected chi connectivity index (χ3v) is 3.53. The van der Waals surface area contributed by atoms with Crippen LogP contribution in [0.2, 0.25) is 5.28 Å². The maximum Gasteiger partial charge on any atom is 0.322 e. The lowest BCUT2D eigenvalue weighted by molar-refractivity contribution is 0.377. The van der Waals surface area contributed by atoms with E-state index < -0.39 is 0 Å². The molecule has 0 saturated carbocycles. The predicted octanol–water partition coefficient (Wildman–Crippen LogP) is 2.69. The van der Waals surface area contributed by atoms with Crippen molar-refractivity contribution in [1.82, 2.24) is 15.0 Å². The molecule has 0 aromatic carbocycles. The van der Waals surface area contributed by atoms with Crippen molar-refractivity contribution >= 4 is 17.5 Å². The third kappa shape index (κ3) is 3.02. The van der Waals surface area contributed by atoms with E-state index >= 15 is 0 Å². The molecule has 1 aliphatic rings. The Kier molecular flexibility index (Phi) is 4.58. The summed E-state index contributed by atoms with van der Waals surface area (Å²) >= 11 is 5.91. The molecular formula is C12H19ClN4O. The molecule has 1 saturated heterocycles. The first-order chi connectivity index (χ1) is 8.74. The molecule has 1 unspecified atom stereocenters. The van der Waals surface area contributed by atoms with Gasteiger partial charge in [-0.15, -0.1) is 0 Å². The highest BCUT2D eigenvalue weighted by atomic mass is 35.5. The van der Waals surface area contributed by atoms with Gasteiger partial charge >= 0.3 is 6.01 Å².